The Hall–Kier alpha value is -2.18. The van der Waals surface area contributed by atoms with Gasteiger partial charge in [-0.3, -0.25) is 9.59 Å². The second-order valence-corrected chi connectivity index (χ2v) is 15.7. The van der Waals surface area contributed by atoms with Crippen LogP contribution in [-0.4, -0.2) is 47.4 Å². The molecule has 2 atom stereocenters. The minimum absolute atomic E-state index is 0.0395. The maximum Gasteiger partial charge on any atom is 0.305 e. The fourth-order valence-electron chi connectivity index (χ4n) is 6.65. The quantitative estimate of drug-likeness (QED) is 0.0326. The minimum Gasteiger partial charge on any atom is -0.466 e. The smallest absolute Gasteiger partial charge is 0.305 e. The summed E-state index contributed by atoms with van der Waals surface area (Å²) >= 11 is 0. The Labute approximate surface area is 340 Å². The fraction of sp³-hybridized carbons (Fsp3) is 0.796. The molecule has 0 heterocycles. The van der Waals surface area contributed by atoms with Crippen LogP contribution in [0.2, 0.25) is 0 Å². The summed E-state index contributed by atoms with van der Waals surface area (Å²) in [7, 11) is 0. The van der Waals surface area contributed by atoms with Crippen molar-refractivity contribution < 1.29 is 24.5 Å². The van der Waals surface area contributed by atoms with Gasteiger partial charge in [0.15, 0.2) is 0 Å². The molecule has 55 heavy (non-hydrogen) atoms. The Morgan fingerprint density at radius 3 is 1.42 bits per heavy atom. The van der Waals surface area contributed by atoms with E-state index in [2.05, 4.69) is 55.6 Å². The SMILES string of the molecule is CCCCCC/C=C\C/C=C\CCCCCCCC(=O)OCCCCC/C=C\CCCCCCCC(=O)NC(CO)C(O)/C=C/CCCCCCCCCC. The van der Waals surface area contributed by atoms with Gasteiger partial charge >= 0.3 is 5.97 Å². The van der Waals surface area contributed by atoms with Gasteiger partial charge in [0.25, 0.3) is 0 Å². The first-order valence-corrected chi connectivity index (χ1v) is 23.4. The molecule has 0 radical (unpaired) electrons. The Morgan fingerprint density at radius 2 is 0.909 bits per heavy atom. The lowest BCUT2D eigenvalue weighted by atomic mass is 10.1. The van der Waals surface area contributed by atoms with Gasteiger partial charge < -0.3 is 20.3 Å². The number of aliphatic hydroxyl groups is 2. The van der Waals surface area contributed by atoms with E-state index in [1.165, 1.54) is 96.3 Å². The molecule has 2 unspecified atom stereocenters. The lowest BCUT2D eigenvalue weighted by Crippen LogP contribution is -2.45. The highest BCUT2D eigenvalue weighted by atomic mass is 16.5. The van der Waals surface area contributed by atoms with E-state index in [0.29, 0.717) is 19.4 Å². The van der Waals surface area contributed by atoms with E-state index >= 15 is 0 Å². The van der Waals surface area contributed by atoms with Crippen molar-refractivity contribution in [2.24, 2.45) is 0 Å². The summed E-state index contributed by atoms with van der Waals surface area (Å²) in [5.74, 6) is -0.138. The molecule has 0 aliphatic rings. The molecule has 0 aliphatic heterocycles. The van der Waals surface area contributed by atoms with E-state index in [-0.39, 0.29) is 18.5 Å². The van der Waals surface area contributed by atoms with Crippen LogP contribution in [0.4, 0.5) is 0 Å². The molecule has 6 heteroatoms. The molecule has 0 aliphatic carbocycles. The highest BCUT2D eigenvalue weighted by molar-refractivity contribution is 5.76. The zero-order chi connectivity index (χ0) is 40.1. The van der Waals surface area contributed by atoms with E-state index in [4.69, 9.17) is 4.74 Å². The first-order chi connectivity index (χ1) is 27.0. The number of carbonyl (C=O) groups excluding carboxylic acids is 2. The number of carbonyl (C=O) groups is 2. The van der Waals surface area contributed by atoms with E-state index < -0.39 is 12.1 Å². The molecule has 0 bridgehead atoms. The summed E-state index contributed by atoms with van der Waals surface area (Å²) in [6.07, 6.45) is 53.9. The third-order valence-electron chi connectivity index (χ3n) is 10.3. The van der Waals surface area contributed by atoms with Crippen LogP contribution >= 0.6 is 0 Å². The summed E-state index contributed by atoms with van der Waals surface area (Å²) in [4.78, 5) is 24.4. The monoisotopic (exact) mass is 772 g/mol. The predicted molar refractivity (Wildman–Crippen MR) is 236 cm³/mol. The van der Waals surface area contributed by atoms with Crippen molar-refractivity contribution in [3.8, 4) is 0 Å². The topological polar surface area (TPSA) is 95.9 Å². The molecule has 0 saturated heterocycles. The first-order valence-electron chi connectivity index (χ1n) is 23.4. The number of hydrogen-bond acceptors (Lipinski definition) is 5. The first kappa shape index (κ1) is 52.8. The predicted octanol–water partition coefficient (Wildman–Crippen LogP) is 13.5. The summed E-state index contributed by atoms with van der Waals surface area (Å²) in [6.45, 7) is 4.77. The minimum atomic E-state index is -0.860. The molecule has 320 valence electrons. The summed E-state index contributed by atoms with van der Waals surface area (Å²) in [6, 6.07) is -0.646. The Balaban J connectivity index is 3.55. The third-order valence-corrected chi connectivity index (χ3v) is 10.3. The average Bonchev–Trinajstić information content (AvgIpc) is 3.18. The maximum atomic E-state index is 12.3. The number of hydrogen-bond donors (Lipinski definition) is 3. The van der Waals surface area contributed by atoms with Gasteiger partial charge in [0, 0.05) is 12.8 Å². The number of amides is 1. The van der Waals surface area contributed by atoms with E-state index in [0.717, 1.165) is 103 Å². The van der Waals surface area contributed by atoms with Gasteiger partial charge in [0.05, 0.1) is 25.4 Å². The number of unbranched alkanes of at least 4 members (excludes halogenated alkanes) is 25. The molecule has 0 aromatic carbocycles. The molecule has 0 aromatic rings. The van der Waals surface area contributed by atoms with Gasteiger partial charge in [0.1, 0.15) is 0 Å². The lowest BCUT2D eigenvalue weighted by molar-refractivity contribution is -0.143. The zero-order valence-electron chi connectivity index (χ0n) is 36.1. The normalized spacial score (nSPS) is 13.2. The van der Waals surface area contributed by atoms with Crippen molar-refractivity contribution >= 4 is 11.9 Å². The standard InChI is InChI=1S/C49H89NO5/c1-3-5-7-9-11-13-15-16-17-18-19-23-27-31-35-39-43-49(54)55-44-40-36-32-28-24-21-20-22-26-30-34-38-42-48(53)50-46(45-51)47(52)41-37-33-29-25-14-12-10-8-6-4-2/h13,15,17-18,21,24,37,41,46-47,51-52H,3-12,14,16,19-20,22-23,25-36,38-40,42-45H2,1-2H3,(H,50,53)/b15-13-,18-17-,24-21-,41-37+. The van der Waals surface area contributed by atoms with E-state index in [1.54, 1.807) is 6.08 Å². The van der Waals surface area contributed by atoms with Crippen LogP contribution in [0.5, 0.6) is 0 Å². The highest BCUT2D eigenvalue weighted by Gasteiger charge is 2.18. The second-order valence-electron chi connectivity index (χ2n) is 15.7. The molecule has 6 nitrogen and oxygen atoms in total. The summed E-state index contributed by atoms with van der Waals surface area (Å²) in [5, 5.41) is 22.9. The van der Waals surface area contributed by atoms with Crippen LogP contribution in [0.15, 0.2) is 48.6 Å². The zero-order valence-corrected chi connectivity index (χ0v) is 36.1. The number of nitrogens with one attached hydrogen (secondary N) is 1. The van der Waals surface area contributed by atoms with Crippen LogP contribution in [-0.2, 0) is 14.3 Å². The summed E-state index contributed by atoms with van der Waals surface area (Å²) in [5.41, 5.74) is 0. The lowest BCUT2D eigenvalue weighted by Gasteiger charge is -2.20. The van der Waals surface area contributed by atoms with Gasteiger partial charge in [-0.05, 0) is 96.3 Å². The Bertz CT molecular complexity index is 942. The Kier molecular flexibility index (Phi) is 42.8. The van der Waals surface area contributed by atoms with Crippen molar-refractivity contribution in [2.45, 2.75) is 238 Å². The van der Waals surface area contributed by atoms with Crippen molar-refractivity contribution in [3.63, 3.8) is 0 Å². The van der Waals surface area contributed by atoms with E-state index in [1.807, 2.05) is 6.08 Å². The number of esters is 1. The van der Waals surface area contributed by atoms with Crippen molar-refractivity contribution in [1.82, 2.24) is 5.32 Å². The highest BCUT2D eigenvalue weighted by Crippen LogP contribution is 2.13. The average molecular weight is 772 g/mol. The van der Waals surface area contributed by atoms with Crippen LogP contribution in [0.3, 0.4) is 0 Å². The molecule has 1 amide bonds. The molecule has 0 aromatic heterocycles. The third kappa shape index (κ3) is 41.3. The van der Waals surface area contributed by atoms with Gasteiger partial charge in [0.2, 0.25) is 5.91 Å². The van der Waals surface area contributed by atoms with Crippen LogP contribution in [0.25, 0.3) is 0 Å². The number of ether oxygens (including phenoxy) is 1. The van der Waals surface area contributed by atoms with Gasteiger partial charge in [-0.2, -0.15) is 0 Å². The van der Waals surface area contributed by atoms with Gasteiger partial charge in [-0.15, -0.1) is 0 Å². The largest absolute Gasteiger partial charge is 0.466 e. The molecular weight excluding hydrogens is 683 g/mol. The maximum absolute atomic E-state index is 12.3. The number of allylic oxidation sites excluding steroid dienone is 7. The molecular formula is C49H89NO5. The Morgan fingerprint density at radius 1 is 0.509 bits per heavy atom. The molecule has 0 fully saturated rings. The van der Waals surface area contributed by atoms with Crippen molar-refractivity contribution in [3.05, 3.63) is 48.6 Å². The number of aliphatic hydroxyl groups excluding tert-OH is 2. The van der Waals surface area contributed by atoms with E-state index in [9.17, 15) is 19.8 Å². The van der Waals surface area contributed by atoms with Gasteiger partial charge in [-0.1, -0.05) is 165 Å². The molecule has 0 spiro atoms. The van der Waals surface area contributed by atoms with Crippen LogP contribution in [0.1, 0.15) is 226 Å². The summed E-state index contributed by atoms with van der Waals surface area (Å²) < 4.78 is 5.43. The number of rotatable bonds is 42. The fourth-order valence-corrected chi connectivity index (χ4v) is 6.65. The van der Waals surface area contributed by atoms with Crippen molar-refractivity contribution in [2.75, 3.05) is 13.2 Å². The van der Waals surface area contributed by atoms with Gasteiger partial charge in [-0.25, -0.2) is 0 Å². The van der Waals surface area contributed by atoms with Crippen molar-refractivity contribution in [1.29, 1.82) is 0 Å². The van der Waals surface area contributed by atoms with Crippen LogP contribution < -0.4 is 5.32 Å². The molecule has 0 rings (SSSR count). The molecule has 3 N–H and O–H groups in total. The molecule has 0 saturated carbocycles. The second kappa shape index (κ2) is 44.5. The van der Waals surface area contributed by atoms with Crippen LogP contribution in [0, 0.1) is 0 Å².